The molecule has 0 aliphatic carbocycles. The van der Waals surface area contributed by atoms with E-state index in [1.165, 1.54) is 12.1 Å². The topological polar surface area (TPSA) is 38.9 Å². The number of hydrogen-bond donors (Lipinski definition) is 1. The van der Waals surface area contributed by atoms with Crippen LogP contribution in [0.25, 0.3) is 10.8 Å². The summed E-state index contributed by atoms with van der Waals surface area (Å²) in [5.74, 6) is -0.261. The Kier molecular flexibility index (Phi) is 3.20. The maximum atomic E-state index is 13.5. The van der Waals surface area contributed by atoms with Gasteiger partial charge in [-0.3, -0.25) is 4.98 Å². The van der Waals surface area contributed by atoms with Crippen LogP contribution in [0.3, 0.4) is 0 Å². The van der Waals surface area contributed by atoms with E-state index in [-0.39, 0.29) is 11.9 Å². The molecule has 0 aliphatic rings. The van der Waals surface area contributed by atoms with E-state index in [0.717, 1.165) is 27.5 Å². The number of halogens is 1. The predicted octanol–water partition coefficient (Wildman–Crippen LogP) is 3.73. The van der Waals surface area contributed by atoms with E-state index in [4.69, 9.17) is 5.73 Å². The van der Waals surface area contributed by atoms with Crippen LogP contribution in [0.4, 0.5) is 4.39 Å². The lowest BCUT2D eigenvalue weighted by Crippen LogP contribution is -2.14. The second-order valence-corrected chi connectivity index (χ2v) is 4.92. The Balaban J connectivity index is 2.17. The molecule has 0 spiro atoms. The molecule has 1 atom stereocenters. The highest BCUT2D eigenvalue weighted by atomic mass is 19.1. The zero-order valence-corrected chi connectivity index (χ0v) is 11.2. The smallest absolute Gasteiger partial charge is 0.123 e. The van der Waals surface area contributed by atoms with Gasteiger partial charge in [-0.1, -0.05) is 24.3 Å². The van der Waals surface area contributed by atoms with Gasteiger partial charge in [-0.2, -0.15) is 0 Å². The molecule has 0 saturated heterocycles. The molecule has 0 saturated carbocycles. The molecule has 2 nitrogen and oxygen atoms in total. The van der Waals surface area contributed by atoms with E-state index >= 15 is 0 Å². The number of nitrogens with zero attached hydrogens (tertiary/aromatic N) is 1. The molecule has 0 fully saturated rings. The van der Waals surface area contributed by atoms with E-state index in [0.29, 0.717) is 0 Å². The first kappa shape index (κ1) is 12.8. The minimum Gasteiger partial charge on any atom is -0.320 e. The third-order valence-electron chi connectivity index (χ3n) is 3.63. The lowest BCUT2D eigenvalue weighted by Gasteiger charge is -2.17. The lowest BCUT2D eigenvalue weighted by atomic mass is 9.92. The van der Waals surface area contributed by atoms with Crippen molar-refractivity contribution in [1.29, 1.82) is 0 Å². The highest BCUT2D eigenvalue weighted by Crippen LogP contribution is 2.28. The Bertz CT molecular complexity index is 763. The predicted molar refractivity (Wildman–Crippen MR) is 78.9 cm³/mol. The van der Waals surface area contributed by atoms with Gasteiger partial charge < -0.3 is 5.73 Å². The fraction of sp³-hybridized carbons (Fsp3) is 0.118. The van der Waals surface area contributed by atoms with E-state index in [9.17, 15) is 4.39 Å². The van der Waals surface area contributed by atoms with Crippen LogP contribution in [0.15, 0.2) is 54.9 Å². The summed E-state index contributed by atoms with van der Waals surface area (Å²) in [6, 6.07) is 12.3. The Morgan fingerprint density at radius 2 is 1.95 bits per heavy atom. The van der Waals surface area contributed by atoms with E-state index in [1.807, 2.05) is 37.4 Å². The number of hydrogen-bond acceptors (Lipinski definition) is 2. The first-order valence-corrected chi connectivity index (χ1v) is 6.51. The maximum absolute atomic E-state index is 13.5. The molecule has 0 amide bonds. The van der Waals surface area contributed by atoms with E-state index in [2.05, 4.69) is 4.98 Å². The number of rotatable bonds is 2. The van der Waals surface area contributed by atoms with Crippen molar-refractivity contribution in [3.63, 3.8) is 0 Å². The number of fused-ring (bicyclic) bond motifs is 1. The minimum absolute atomic E-state index is 0.261. The van der Waals surface area contributed by atoms with Crippen LogP contribution in [0.2, 0.25) is 0 Å². The van der Waals surface area contributed by atoms with Gasteiger partial charge in [-0.25, -0.2) is 4.39 Å². The Labute approximate surface area is 117 Å². The van der Waals surface area contributed by atoms with Gasteiger partial charge in [0.15, 0.2) is 0 Å². The van der Waals surface area contributed by atoms with Crippen LogP contribution in [0.5, 0.6) is 0 Å². The Hall–Kier alpha value is -2.26. The molecule has 2 aromatic carbocycles. The molecular formula is C17H15FN2. The van der Waals surface area contributed by atoms with Gasteiger partial charge in [-0.05, 0) is 47.2 Å². The molecule has 0 bridgehead atoms. The third kappa shape index (κ3) is 2.17. The van der Waals surface area contributed by atoms with Crippen molar-refractivity contribution in [2.24, 2.45) is 5.73 Å². The van der Waals surface area contributed by atoms with Crippen molar-refractivity contribution in [3.8, 4) is 0 Å². The van der Waals surface area contributed by atoms with Gasteiger partial charge in [0.1, 0.15) is 5.82 Å². The summed E-state index contributed by atoms with van der Waals surface area (Å²) < 4.78 is 13.5. The van der Waals surface area contributed by atoms with Crippen LogP contribution in [0.1, 0.15) is 22.7 Å². The standard InChI is InChI=1S/C17H15FN2/c1-11-5-6-13(18)9-16(11)17(19)15-4-2-3-12-10-20-8-7-14(12)15/h2-10,17H,19H2,1H3. The molecular weight excluding hydrogens is 251 g/mol. The van der Waals surface area contributed by atoms with Crippen molar-refractivity contribution in [1.82, 2.24) is 4.98 Å². The molecule has 3 aromatic rings. The average molecular weight is 266 g/mol. The molecule has 3 rings (SSSR count). The van der Waals surface area contributed by atoms with Crippen LogP contribution >= 0.6 is 0 Å². The van der Waals surface area contributed by atoms with Gasteiger partial charge in [-0.15, -0.1) is 0 Å². The summed E-state index contributed by atoms with van der Waals surface area (Å²) in [5.41, 5.74) is 9.15. The van der Waals surface area contributed by atoms with Crippen molar-refractivity contribution < 1.29 is 4.39 Å². The molecule has 1 unspecified atom stereocenters. The SMILES string of the molecule is Cc1ccc(F)cc1C(N)c1cccc2cnccc12. The number of aryl methyl sites for hydroxylation is 1. The average Bonchev–Trinajstić information content (AvgIpc) is 2.48. The van der Waals surface area contributed by atoms with Gasteiger partial charge in [0, 0.05) is 17.8 Å². The van der Waals surface area contributed by atoms with E-state index in [1.54, 1.807) is 12.3 Å². The van der Waals surface area contributed by atoms with Crippen LogP contribution in [-0.4, -0.2) is 4.98 Å². The molecule has 20 heavy (non-hydrogen) atoms. The fourth-order valence-electron chi connectivity index (χ4n) is 2.53. The van der Waals surface area contributed by atoms with Crippen molar-refractivity contribution in [2.45, 2.75) is 13.0 Å². The lowest BCUT2D eigenvalue weighted by molar-refractivity contribution is 0.623. The maximum Gasteiger partial charge on any atom is 0.123 e. The first-order valence-electron chi connectivity index (χ1n) is 6.51. The van der Waals surface area contributed by atoms with Crippen molar-refractivity contribution >= 4 is 10.8 Å². The summed E-state index contributed by atoms with van der Waals surface area (Å²) in [6.07, 6.45) is 3.56. The minimum atomic E-state index is -0.350. The summed E-state index contributed by atoms with van der Waals surface area (Å²) in [6.45, 7) is 1.95. The number of pyridine rings is 1. The molecule has 1 aromatic heterocycles. The van der Waals surface area contributed by atoms with Crippen molar-refractivity contribution in [3.05, 3.63) is 77.4 Å². The highest BCUT2D eigenvalue weighted by molar-refractivity contribution is 5.85. The molecule has 0 aliphatic heterocycles. The zero-order chi connectivity index (χ0) is 14.1. The monoisotopic (exact) mass is 266 g/mol. The molecule has 0 radical (unpaired) electrons. The van der Waals surface area contributed by atoms with Crippen LogP contribution in [0, 0.1) is 12.7 Å². The van der Waals surface area contributed by atoms with Crippen LogP contribution in [-0.2, 0) is 0 Å². The molecule has 1 heterocycles. The van der Waals surface area contributed by atoms with Crippen molar-refractivity contribution in [2.75, 3.05) is 0 Å². The molecule has 2 N–H and O–H groups in total. The van der Waals surface area contributed by atoms with Gasteiger partial charge in [0.25, 0.3) is 0 Å². The number of aromatic nitrogens is 1. The van der Waals surface area contributed by atoms with Crippen LogP contribution < -0.4 is 5.73 Å². The third-order valence-corrected chi connectivity index (χ3v) is 3.63. The normalized spacial score (nSPS) is 12.6. The van der Waals surface area contributed by atoms with Gasteiger partial charge in [0.2, 0.25) is 0 Å². The summed E-state index contributed by atoms with van der Waals surface area (Å²) >= 11 is 0. The van der Waals surface area contributed by atoms with Gasteiger partial charge >= 0.3 is 0 Å². The Morgan fingerprint density at radius 3 is 2.80 bits per heavy atom. The first-order chi connectivity index (χ1) is 9.66. The van der Waals surface area contributed by atoms with Gasteiger partial charge in [0.05, 0.1) is 6.04 Å². The zero-order valence-electron chi connectivity index (χ0n) is 11.2. The Morgan fingerprint density at radius 1 is 1.10 bits per heavy atom. The summed E-state index contributed by atoms with van der Waals surface area (Å²) in [7, 11) is 0. The molecule has 3 heteroatoms. The largest absolute Gasteiger partial charge is 0.320 e. The number of benzene rings is 2. The highest BCUT2D eigenvalue weighted by Gasteiger charge is 2.14. The summed E-state index contributed by atoms with van der Waals surface area (Å²) in [4.78, 5) is 4.12. The second-order valence-electron chi connectivity index (χ2n) is 4.92. The second kappa shape index (κ2) is 5.02. The fourth-order valence-corrected chi connectivity index (χ4v) is 2.53. The quantitative estimate of drug-likeness (QED) is 0.767. The van der Waals surface area contributed by atoms with E-state index < -0.39 is 0 Å². The number of nitrogens with two attached hydrogens (primary N) is 1. The summed E-state index contributed by atoms with van der Waals surface area (Å²) in [5, 5.41) is 2.09. The molecule has 100 valence electrons.